The summed E-state index contributed by atoms with van der Waals surface area (Å²) in [5.74, 6) is 1.73. The molecule has 3 rings (SSSR count). The average Bonchev–Trinajstić information content (AvgIpc) is 2.75. The number of nitrogens with two attached hydrogens (primary N) is 1. The maximum Gasteiger partial charge on any atom is 0.238 e. The van der Waals surface area contributed by atoms with Gasteiger partial charge in [0, 0.05) is 6.42 Å². The van der Waals surface area contributed by atoms with E-state index in [-0.39, 0.29) is 17.2 Å². The van der Waals surface area contributed by atoms with Gasteiger partial charge in [0.2, 0.25) is 15.9 Å². The smallest absolute Gasteiger partial charge is 0.238 e. The van der Waals surface area contributed by atoms with Crippen molar-refractivity contribution in [1.29, 1.82) is 0 Å². The van der Waals surface area contributed by atoms with Crippen LogP contribution in [0.3, 0.4) is 0 Å². The highest BCUT2D eigenvalue weighted by molar-refractivity contribution is 7.89. The maximum absolute atomic E-state index is 12.4. The molecule has 0 bridgehead atoms. The minimum Gasteiger partial charge on any atom is -0.494 e. The molecule has 0 saturated carbocycles. The third-order valence-electron chi connectivity index (χ3n) is 4.42. The van der Waals surface area contributed by atoms with E-state index in [4.69, 9.17) is 14.6 Å². The standard InChI is InChI=1S/C23H24N2O5S/c1-2-29-18-10-12-19(13-11-18)30-22-6-4-3-5-21(22)25-23(26)16-9-17-7-14-20(15-8-17)31(24,27)28/h3-8,10-15H,2,9,16H2,1H3,(H,25,26)(H2,24,27,28). The molecule has 0 aliphatic heterocycles. The van der Waals surface area contributed by atoms with E-state index >= 15 is 0 Å². The van der Waals surface area contributed by atoms with E-state index in [1.807, 2.05) is 31.2 Å². The van der Waals surface area contributed by atoms with E-state index in [1.165, 1.54) is 12.1 Å². The fourth-order valence-electron chi connectivity index (χ4n) is 2.87. The first-order valence-corrected chi connectivity index (χ1v) is 11.3. The van der Waals surface area contributed by atoms with Crippen LogP contribution < -0.4 is 19.9 Å². The number of aryl methyl sites for hydroxylation is 1. The first kappa shape index (κ1) is 22.3. The SMILES string of the molecule is CCOc1ccc(Oc2ccccc2NC(=O)CCc2ccc(S(N)(=O)=O)cc2)cc1. The van der Waals surface area contributed by atoms with Gasteiger partial charge in [-0.2, -0.15) is 0 Å². The van der Waals surface area contributed by atoms with Crippen LogP contribution >= 0.6 is 0 Å². The van der Waals surface area contributed by atoms with E-state index in [9.17, 15) is 13.2 Å². The Kier molecular flexibility index (Phi) is 7.28. The Morgan fingerprint density at radius 3 is 2.23 bits per heavy atom. The number of para-hydroxylation sites is 2. The van der Waals surface area contributed by atoms with E-state index in [1.54, 1.807) is 36.4 Å². The highest BCUT2D eigenvalue weighted by atomic mass is 32.2. The normalized spacial score (nSPS) is 11.0. The largest absolute Gasteiger partial charge is 0.494 e. The minimum atomic E-state index is -3.73. The number of anilines is 1. The summed E-state index contributed by atoms with van der Waals surface area (Å²) in [5.41, 5.74) is 1.40. The quantitative estimate of drug-likeness (QED) is 0.521. The van der Waals surface area contributed by atoms with Crippen LogP contribution in [0.1, 0.15) is 18.9 Å². The molecule has 0 saturated heterocycles. The third kappa shape index (κ3) is 6.56. The number of rotatable bonds is 9. The zero-order chi connectivity index (χ0) is 22.3. The number of nitrogens with one attached hydrogen (secondary N) is 1. The molecule has 3 N–H and O–H groups in total. The van der Waals surface area contributed by atoms with Gasteiger partial charge >= 0.3 is 0 Å². The first-order valence-electron chi connectivity index (χ1n) is 9.76. The topological polar surface area (TPSA) is 108 Å². The van der Waals surface area contributed by atoms with Crippen LogP contribution in [0.5, 0.6) is 17.2 Å². The zero-order valence-electron chi connectivity index (χ0n) is 17.1. The molecule has 3 aromatic carbocycles. The summed E-state index contributed by atoms with van der Waals surface area (Å²) in [6, 6.07) is 20.6. The van der Waals surface area contributed by atoms with Crippen molar-refractivity contribution in [2.24, 2.45) is 5.14 Å². The lowest BCUT2D eigenvalue weighted by molar-refractivity contribution is -0.116. The van der Waals surface area contributed by atoms with Crippen LogP contribution in [0.2, 0.25) is 0 Å². The second-order valence-electron chi connectivity index (χ2n) is 6.74. The average molecular weight is 441 g/mol. The molecule has 0 heterocycles. The van der Waals surface area contributed by atoms with Crippen molar-refractivity contribution in [3.63, 3.8) is 0 Å². The maximum atomic E-state index is 12.4. The molecule has 0 radical (unpaired) electrons. The monoisotopic (exact) mass is 440 g/mol. The van der Waals surface area contributed by atoms with Crippen LogP contribution in [-0.2, 0) is 21.2 Å². The highest BCUT2D eigenvalue weighted by Gasteiger charge is 2.10. The summed E-state index contributed by atoms with van der Waals surface area (Å²) in [6.45, 7) is 2.51. The number of carbonyl (C=O) groups excluding carboxylic acids is 1. The molecule has 0 atom stereocenters. The highest BCUT2D eigenvalue weighted by Crippen LogP contribution is 2.30. The van der Waals surface area contributed by atoms with Crippen molar-refractivity contribution in [2.75, 3.05) is 11.9 Å². The molecule has 7 nitrogen and oxygen atoms in total. The minimum absolute atomic E-state index is 0.0427. The lowest BCUT2D eigenvalue weighted by atomic mass is 10.1. The first-order chi connectivity index (χ1) is 14.8. The van der Waals surface area contributed by atoms with Gasteiger partial charge in [-0.05, 0) is 67.4 Å². The van der Waals surface area contributed by atoms with Crippen molar-refractivity contribution in [3.05, 3.63) is 78.4 Å². The molecular formula is C23H24N2O5S. The van der Waals surface area contributed by atoms with Crippen LogP contribution in [0.25, 0.3) is 0 Å². The molecule has 0 unspecified atom stereocenters. The summed E-state index contributed by atoms with van der Waals surface area (Å²) >= 11 is 0. The lowest BCUT2D eigenvalue weighted by Crippen LogP contribution is -2.13. The molecule has 0 fully saturated rings. The van der Waals surface area contributed by atoms with Crippen molar-refractivity contribution in [1.82, 2.24) is 0 Å². The summed E-state index contributed by atoms with van der Waals surface area (Å²) in [6.07, 6.45) is 0.685. The van der Waals surface area contributed by atoms with Gasteiger partial charge in [-0.25, -0.2) is 13.6 Å². The predicted octanol–water partition coefficient (Wildman–Crippen LogP) is 4.10. The number of primary sulfonamides is 1. The summed E-state index contributed by atoms with van der Waals surface area (Å²) < 4.78 is 34.0. The Bertz CT molecular complexity index is 1130. The van der Waals surface area contributed by atoms with Gasteiger partial charge in [0.1, 0.15) is 11.5 Å². The van der Waals surface area contributed by atoms with Crippen molar-refractivity contribution >= 4 is 21.6 Å². The molecule has 3 aromatic rings. The van der Waals surface area contributed by atoms with Gasteiger partial charge < -0.3 is 14.8 Å². The third-order valence-corrected chi connectivity index (χ3v) is 5.35. The van der Waals surface area contributed by atoms with Crippen molar-refractivity contribution in [3.8, 4) is 17.2 Å². The van der Waals surface area contributed by atoms with E-state index < -0.39 is 10.0 Å². The van der Waals surface area contributed by atoms with Crippen LogP contribution in [0.4, 0.5) is 5.69 Å². The number of amides is 1. The Morgan fingerprint density at radius 1 is 0.935 bits per heavy atom. The Morgan fingerprint density at radius 2 is 1.58 bits per heavy atom. The van der Waals surface area contributed by atoms with Crippen molar-refractivity contribution in [2.45, 2.75) is 24.7 Å². The molecule has 0 aliphatic carbocycles. The van der Waals surface area contributed by atoms with Gasteiger partial charge in [0.25, 0.3) is 0 Å². The van der Waals surface area contributed by atoms with Gasteiger partial charge in [0.15, 0.2) is 5.75 Å². The Hall–Kier alpha value is -3.36. The van der Waals surface area contributed by atoms with Crippen LogP contribution in [-0.4, -0.2) is 20.9 Å². The van der Waals surface area contributed by atoms with Crippen LogP contribution in [0, 0.1) is 0 Å². The molecular weight excluding hydrogens is 416 g/mol. The predicted molar refractivity (Wildman–Crippen MR) is 119 cm³/mol. The molecule has 31 heavy (non-hydrogen) atoms. The van der Waals surface area contributed by atoms with Crippen LogP contribution in [0.15, 0.2) is 77.7 Å². The van der Waals surface area contributed by atoms with Gasteiger partial charge in [-0.15, -0.1) is 0 Å². The second kappa shape index (κ2) is 10.1. The zero-order valence-corrected chi connectivity index (χ0v) is 17.9. The van der Waals surface area contributed by atoms with Gasteiger partial charge in [-0.3, -0.25) is 4.79 Å². The number of hydrogen-bond acceptors (Lipinski definition) is 5. The van der Waals surface area contributed by atoms with Gasteiger partial charge in [-0.1, -0.05) is 24.3 Å². The Labute approximate surface area is 181 Å². The molecule has 1 amide bonds. The second-order valence-corrected chi connectivity index (χ2v) is 8.30. The molecule has 8 heteroatoms. The van der Waals surface area contributed by atoms with Gasteiger partial charge in [0.05, 0.1) is 17.2 Å². The molecule has 0 aromatic heterocycles. The number of hydrogen-bond donors (Lipinski definition) is 2. The molecule has 0 spiro atoms. The lowest BCUT2D eigenvalue weighted by Gasteiger charge is -2.13. The number of sulfonamides is 1. The number of ether oxygens (including phenoxy) is 2. The van der Waals surface area contributed by atoms with E-state index in [2.05, 4.69) is 5.32 Å². The number of carbonyl (C=O) groups is 1. The van der Waals surface area contributed by atoms with E-state index in [0.29, 0.717) is 30.2 Å². The van der Waals surface area contributed by atoms with Crippen molar-refractivity contribution < 1.29 is 22.7 Å². The number of benzene rings is 3. The molecule has 0 aliphatic rings. The fourth-order valence-corrected chi connectivity index (χ4v) is 3.39. The molecule has 162 valence electrons. The summed E-state index contributed by atoms with van der Waals surface area (Å²) in [4.78, 5) is 12.5. The fraction of sp³-hybridized carbons (Fsp3) is 0.174. The van der Waals surface area contributed by atoms with E-state index in [0.717, 1.165) is 11.3 Å². The Balaban J connectivity index is 1.60. The summed E-state index contributed by atoms with van der Waals surface area (Å²) in [5, 5.41) is 7.96. The summed E-state index contributed by atoms with van der Waals surface area (Å²) in [7, 11) is -3.73.